The minimum Gasteiger partial charge on any atom is -0.472 e. The summed E-state index contributed by atoms with van der Waals surface area (Å²) < 4.78 is 6.36. The molecule has 0 atom stereocenters. The molecule has 0 saturated heterocycles. The van der Waals surface area contributed by atoms with Crippen molar-refractivity contribution < 1.29 is 9.66 Å². The molecule has 0 unspecified atom stereocenters. The smallest absolute Gasteiger partial charge is 0.292 e. The molecule has 1 N–H and O–H groups in total. The van der Waals surface area contributed by atoms with E-state index in [1.807, 2.05) is 30.3 Å². The average Bonchev–Trinajstić information content (AvgIpc) is 2.62. The van der Waals surface area contributed by atoms with E-state index in [1.165, 1.54) is 6.07 Å². The number of para-hydroxylation sites is 2. The number of ether oxygens (including phenoxy) is 1. The van der Waals surface area contributed by atoms with Crippen LogP contribution in [0.1, 0.15) is 5.56 Å². The van der Waals surface area contributed by atoms with E-state index in [4.69, 9.17) is 4.74 Å². The van der Waals surface area contributed by atoms with Gasteiger partial charge in [-0.05, 0) is 33.6 Å². The number of nitrogens with one attached hydrogen (secondary N) is 1. The van der Waals surface area contributed by atoms with E-state index in [2.05, 4.69) is 26.2 Å². The van der Waals surface area contributed by atoms with Gasteiger partial charge in [0.25, 0.3) is 5.69 Å². The number of rotatable bonds is 6. The zero-order chi connectivity index (χ0) is 17.6. The van der Waals surface area contributed by atoms with Gasteiger partial charge in [0.2, 0.25) is 5.88 Å². The SMILES string of the molecule is O=[N+]([O-])c1ccccc1Nc1cnc(OCc2ccccc2)c(Br)c1. The van der Waals surface area contributed by atoms with E-state index < -0.39 is 4.92 Å². The molecule has 6 nitrogen and oxygen atoms in total. The van der Waals surface area contributed by atoms with Gasteiger partial charge in [0, 0.05) is 6.07 Å². The largest absolute Gasteiger partial charge is 0.472 e. The standard InChI is InChI=1S/C18H14BrN3O3/c19-15-10-14(21-16-8-4-5-9-17(16)22(23)24)11-20-18(15)25-12-13-6-2-1-3-7-13/h1-11,21H,12H2. The molecule has 0 spiro atoms. The molecule has 3 rings (SSSR count). The Balaban J connectivity index is 1.73. The average molecular weight is 400 g/mol. The maximum Gasteiger partial charge on any atom is 0.292 e. The van der Waals surface area contributed by atoms with Crippen LogP contribution in [0.25, 0.3) is 0 Å². The number of nitro benzene ring substituents is 1. The third-order valence-electron chi connectivity index (χ3n) is 3.41. The third-order valence-corrected chi connectivity index (χ3v) is 3.97. The van der Waals surface area contributed by atoms with Crippen LogP contribution in [0.3, 0.4) is 0 Å². The summed E-state index contributed by atoms with van der Waals surface area (Å²) >= 11 is 3.42. The Morgan fingerprint density at radius 3 is 2.56 bits per heavy atom. The van der Waals surface area contributed by atoms with E-state index in [9.17, 15) is 10.1 Å². The maximum atomic E-state index is 11.1. The highest BCUT2D eigenvalue weighted by Crippen LogP contribution is 2.30. The Morgan fingerprint density at radius 1 is 1.12 bits per heavy atom. The van der Waals surface area contributed by atoms with Crippen molar-refractivity contribution in [3.63, 3.8) is 0 Å². The molecule has 0 bridgehead atoms. The molecule has 0 amide bonds. The van der Waals surface area contributed by atoms with Gasteiger partial charge in [-0.2, -0.15) is 0 Å². The van der Waals surface area contributed by atoms with Gasteiger partial charge in [-0.1, -0.05) is 42.5 Å². The molecule has 1 aromatic heterocycles. The molecule has 0 fully saturated rings. The van der Waals surface area contributed by atoms with Crippen LogP contribution in [0, 0.1) is 10.1 Å². The Bertz CT molecular complexity index is 888. The maximum absolute atomic E-state index is 11.1. The van der Waals surface area contributed by atoms with Crippen molar-refractivity contribution in [2.75, 3.05) is 5.32 Å². The van der Waals surface area contributed by atoms with Gasteiger partial charge in [0.05, 0.1) is 21.3 Å². The summed E-state index contributed by atoms with van der Waals surface area (Å²) in [6.07, 6.45) is 1.57. The van der Waals surface area contributed by atoms with Crippen molar-refractivity contribution in [1.82, 2.24) is 4.98 Å². The van der Waals surface area contributed by atoms with Crippen LogP contribution in [0.15, 0.2) is 71.3 Å². The predicted octanol–water partition coefficient (Wildman–Crippen LogP) is 5.07. The molecular weight excluding hydrogens is 386 g/mol. The summed E-state index contributed by atoms with van der Waals surface area (Å²) in [6.45, 7) is 0.406. The van der Waals surface area contributed by atoms with Crippen molar-refractivity contribution in [3.8, 4) is 5.88 Å². The molecule has 3 aromatic rings. The highest BCUT2D eigenvalue weighted by Gasteiger charge is 2.13. The third kappa shape index (κ3) is 4.33. The van der Waals surface area contributed by atoms with Gasteiger partial charge in [-0.15, -0.1) is 0 Å². The van der Waals surface area contributed by atoms with Gasteiger partial charge in [0.1, 0.15) is 12.3 Å². The molecule has 0 aliphatic carbocycles. The predicted molar refractivity (Wildman–Crippen MR) is 99.1 cm³/mol. The van der Waals surface area contributed by atoms with Crippen LogP contribution in [0.5, 0.6) is 5.88 Å². The number of nitrogens with zero attached hydrogens (tertiary/aromatic N) is 2. The van der Waals surface area contributed by atoms with Crippen LogP contribution in [-0.4, -0.2) is 9.91 Å². The van der Waals surface area contributed by atoms with Crippen LogP contribution < -0.4 is 10.1 Å². The lowest BCUT2D eigenvalue weighted by molar-refractivity contribution is -0.383. The second kappa shape index (κ2) is 7.76. The monoisotopic (exact) mass is 399 g/mol. The van der Waals surface area contributed by atoms with E-state index in [0.717, 1.165) is 5.56 Å². The summed E-state index contributed by atoms with van der Waals surface area (Å²) in [4.78, 5) is 14.9. The molecule has 7 heteroatoms. The first kappa shape index (κ1) is 16.9. The molecule has 0 saturated carbocycles. The molecule has 126 valence electrons. The number of anilines is 2. The molecular formula is C18H14BrN3O3. The number of halogens is 1. The first-order valence-corrected chi connectivity index (χ1v) is 8.25. The highest BCUT2D eigenvalue weighted by atomic mass is 79.9. The van der Waals surface area contributed by atoms with Crippen LogP contribution in [-0.2, 0) is 6.61 Å². The molecule has 0 radical (unpaired) electrons. The fraction of sp³-hybridized carbons (Fsp3) is 0.0556. The normalized spacial score (nSPS) is 10.3. The summed E-state index contributed by atoms with van der Waals surface area (Å²) in [5, 5.41) is 14.1. The minimum atomic E-state index is -0.428. The van der Waals surface area contributed by atoms with Crippen molar-refractivity contribution in [1.29, 1.82) is 0 Å². The van der Waals surface area contributed by atoms with E-state index in [1.54, 1.807) is 30.5 Å². The zero-order valence-electron chi connectivity index (χ0n) is 13.1. The summed E-state index contributed by atoms with van der Waals surface area (Å²) in [5.74, 6) is 0.456. The van der Waals surface area contributed by atoms with E-state index in [-0.39, 0.29) is 5.69 Å². The number of hydrogen-bond donors (Lipinski definition) is 1. The van der Waals surface area contributed by atoms with Crippen molar-refractivity contribution >= 4 is 33.0 Å². The second-order valence-corrected chi connectivity index (χ2v) is 6.04. The highest BCUT2D eigenvalue weighted by molar-refractivity contribution is 9.10. The topological polar surface area (TPSA) is 77.3 Å². The Morgan fingerprint density at radius 2 is 1.84 bits per heavy atom. The number of aromatic nitrogens is 1. The summed E-state index contributed by atoms with van der Waals surface area (Å²) in [5.41, 5.74) is 2.06. The molecule has 0 aliphatic rings. The second-order valence-electron chi connectivity index (χ2n) is 5.18. The van der Waals surface area contributed by atoms with Crippen LogP contribution in [0.2, 0.25) is 0 Å². The first-order valence-electron chi connectivity index (χ1n) is 7.46. The Kier molecular flexibility index (Phi) is 5.25. The molecule has 2 aromatic carbocycles. The van der Waals surface area contributed by atoms with Crippen molar-refractivity contribution in [2.45, 2.75) is 6.61 Å². The van der Waals surface area contributed by atoms with Crippen molar-refractivity contribution in [3.05, 3.63) is 87.0 Å². The Labute approximate surface area is 152 Å². The van der Waals surface area contributed by atoms with Gasteiger partial charge < -0.3 is 10.1 Å². The summed E-state index contributed by atoms with van der Waals surface area (Å²) in [7, 11) is 0. The van der Waals surface area contributed by atoms with Crippen molar-refractivity contribution in [2.24, 2.45) is 0 Å². The van der Waals surface area contributed by atoms with E-state index >= 15 is 0 Å². The Hall–Kier alpha value is -2.93. The first-order chi connectivity index (χ1) is 12.1. The minimum absolute atomic E-state index is 0.00280. The number of nitro groups is 1. The van der Waals surface area contributed by atoms with Gasteiger partial charge in [0.15, 0.2) is 0 Å². The molecule has 1 heterocycles. The molecule has 25 heavy (non-hydrogen) atoms. The number of benzene rings is 2. The number of hydrogen-bond acceptors (Lipinski definition) is 5. The fourth-order valence-electron chi connectivity index (χ4n) is 2.22. The van der Waals surface area contributed by atoms with Crippen LogP contribution in [0.4, 0.5) is 17.1 Å². The lowest BCUT2D eigenvalue weighted by atomic mass is 10.2. The summed E-state index contributed by atoms with van der Waals surface area (Å²) in [6, 6.07) is 18.0. The van der Waals surface area contributed by atoms with E-state index in [0.29, 0.717) is 28.3 Å². The molecule has 0 aliphatic heterocycles. The number of pyridine rings is 1. The lowest BCUT2D eigenvalue weighted by Gasteiger charge is -2.10. The zero-order valence-corrected chi connectivity index (χ0v) is 14.6. The quantitative estimate of drug-likeness (QED) is 0.462. The lowest BCUT2D eigenvalue weighted by Crippen LogP contribution is -2.00. The van der Waals surface area contributed by atoms with Crippen LogP contribution >= 0.6 is 15.9 Å². The fourth-order valence-corrected chi connectivity index (χ4v) is 2.68. The van der Waals surface area contributed by atoms with Gasteiger partial charge in [-0.25, -0.2) is 4.98 Å². The van der Waals surface area contributed by atoms with Gasteiger partial charge >= 0.3 is 0 Å². The van der Waals surface area contributed by atoms with Gasteiger partial charge in [-0.3, -0.25) is 10.1 Å².